The molecule has 1 aliphatic rings. The lowest BCUT2D eigenvalue weighted by molar-refractivity contribution is 0.117. The van der Waals surface area contributed by atoms with Crippen molar-refractivity contribution in [3.8, 4) is 5.75 Å². The van der Waals surface area contributed by atoms with Crippen molar-refractivity contribution in [2.24, 2.45) is 5.92 Å². The van der Waals surface area contributed by atoms with Crippen LogP contribution in [0.25, 0.3) is 0 Å². The molecule has 0 aliphatic heterocycles. The van der Waals surface area contributed by atoms with Crippen molar-refractivity contribution in [1.29, 1.82) is 0 Å². The number of aliphatic hydroxyl groups is 1. The average molecular weight is 310 g/mol. The zero-order valence-electron chi connectivity index (χ0n) is 9.83. The molecule has 0 spiro atoms. The van der Waals surface area contributed by atoms with E-state index in [-0.39, 0.29) is 6.10 Å². The Morgan fingerprint density at radius 1 is 1.17 bits per heavy atom. The van der Waals surface area contributed by atoms with Gasteiger partial charge in [-0.25, -0.2) is 0 Å². The van der Waals surface area contributed by atoms with Crippen LogP contribution < -0.4 is 4.74 Å². The van der Waals surface area contributed by atoms with Gasteiger partial charge in [-0.05, 0) is 37.3 Å². The normalized spacial score (nSPS) is 23.3. The summed E-state index contributed by atoms with van der Waals surface area (Å²) in [5.74, 6) is 0.796. The molecule has 0 saturated heterocycles. The molecule has 1 aromatic rings. The molecule has 5 heteroatoms. The van der Waals surface area contributed by atoms with Gasteiger partial charge in [0.25, 0.3) is 0 Å². The summed E-state index contributed by atoms with van der Waals surface area (Å²) in [5.41, 5.74) is 0. The minimum atomic E-state index is -0.190. The van der Waals surface area contributed by atoms with Crippen LogP contribution in [0.3, 0.4) is 0 Å². The van der Waals surface area contributed by atoms with Crippen molar-refractivity contribution in [1.82, 2.24) is 0 Å². The standard InChI is InChI=1S/C13H15Cl3O2/c14-9-6-10(15)13(11(16)7-9)18-5-4-8-2-1-3-12(8)17/h6-8,12,17H,1-5H2. The van der Waals surface area contributed by atoms with Crippen LogP contribution in [0.4, 0.5) is 0 Å². The van der Waals surface area contributed by atoms with Gasteiger partial charge in [-0.15, -0.1) is 0 Å². The van der Waals surface area contributed by atoms with Gasteiger partial charge in [0.05, 0.1) is 22.8 Å². The lowest BCUT2D eigenvalue weighted by Gasteiger charge is -2.15. The number of rotatable bonds is 4. The highest BCUT2D eigenvalue weighted by Gasteiger charge is 2.25. The van der Waals surface area contributed by atoms with Gasteiger partial charge in [-0.2, -0.15) is 0 Å². The minimum Gasteiger partial charge on any atom is -0.490 e. The molecule has 2 nitrogen and oxygen atoms in total. The van der Waals surface area contributed by atoms with Gasteiger partial charge in [-0.3, -0.25) is 0 Å². The Balaban J connectivity index is 1.90. The highest BCUT2D eigenvalue weighted by atomic mass is 35.5. The van der Waals surface area contributed by atoms with Crippen molar-refractivity contribution in [3.05, 3.63) is 27.2 Å². The van der Waals surface area contributed by atoms with Crippen LogP contribution >= 0.6 is 34.8 Å². The first-order valence-electron chi connectivity index (χ1n) is 6.03. The van der Waals surface area contributed by atoms with E-state index in [4.69, 9.17) is 39.5 Å². The molecule has 1 aliphatic carbocycles. The van der Waals surface area contributed by atoms with Crippen LogP contribution in [0.1, 0.15) is 25.7 Å². The first-order chi connectivity index (χ1) is 8.58. The summed E-state index contributed by atoms with van der Waals surface area (Å²) in [5, 5.41) is 11.0. The fourth-order valence-corrected chi connectivity index (χ4v) is 3.26. The first kappa shape index (κ1) is 14.3. The number of halogens is 3. The third kappa shape index (κ3) is 3.45. The zero-order chi connectivity index (χ0) is 13.1. The molecule has 100 valence electrons. The Kier molecular flexibility index (Phi) is 5.02. The van der Waals surface area contributed by atoms with Crippen LogP contribution in [-0.2, 0) is 0 Å². The predicted octanol–water partition coefficient (Wildman–Crippen LogP) is 4.58. The van der Waals surface area contributed by atoms with Gasteiger partial charge in [0, 0.05) is 5.02 Å². The fraction of sp³-hybridized carbons (Fsp3) is 0.538. The number of ether oxygens (including phenoxy) is 1. The number of benzene rings is 1. The van der Waals surface area contributed by atoms with Crippen molar-refractivity contribution in [3.63, 3.8) is 0 Å². The molecule has 2 atom stereocenters. The van der Waals surface area contributed by atoms with E-state index in [1.165, 1.54) is 0 Å². The van der Waals surface area contributed by atoms with Crippen LogP contribution in [-0.4, -0.2) is 17.8 Å². The van der Waals surface area contributed by atoms with Crippen molar-refractivity contribution < 1.29 is 9.84 Å². The van der Waals surface area contributed by atoms with E-state index in [0.717, 1.165) is 25.7 Å². The minimum absolute atomic E-state index is 0.190. The summed E-state index contributed by atoms with van der Waals surface area (Å²) >= 11 is 17.9. The molecule has 0 heterocycles. The van der Waals surface area contributed by atoms with Gasteiger partial charge in [0.2, 0.25) is 0 Å². The number of aliphatic hydroxyl groups excluding tert-OH is 1. The SMILES string of the molecule is OC1CCCC1CCOc1c(Cl)cc(Cl)cc1Cl. The maximum absolute atomic E-state index is 9.71. The molecule has 0 radical (unpaired) electrons. The van der Waals surface area contributed by atoms with Gasteiger partial charge in [0.1, 0.15) is 0 Å². The second-order valence-electron chi connectivity index (χ2n) is 4.59. The van der Waals surface area contributed by atoms with Gasteiger partial charge in [-0.1, -0.05) is 41.2 Å². The molecule has 0 aromatic heterocycles. The fourth-order valence-electron chi connectivity index (χ4n) is 2.33. The Morgan fingerprint density at radius 2 is 1.83 bits per heavy atom. The van der Waals surface area contributed by atoms with Crippen molar-refractivity contribution in [2.75, 3.05) is 6.61 Å². The third-order valence-electron chi connectivity index (χ3n) is 3.32. The Morgan fingerprint density at radius 3 is 2.39 bits per heavy atom. The molecule has 1 N–H and O–H groups in total. The van der Waals surface area contributed by atoms with Crippen LogP contribution in [0.15, 0.2) is 12.1 Å². The Hall–Kier alpha value is -0.150. The summed E-state index contributed by atoms with van der Waals surface area (Å²) in [6.07, 6.45) is 3.68. The molecule has 0 amide bonds. The summed E-state index contributed by atoms with van der Waals surface area (Å²) < 4.78 is 5.60. The molecular formula is C13H15Cl3O2. The van der Waals surface area contributed by atoms with E-state index in [0.29, 0.717) is 33.3 Å². The third-order valence-corrected chi connectivity index (χ3v) is 4.10. The second kappa shape index (κ2) is 6.33. The molecule has 18 heavy (non-hydrogen) atoms. The highest BCUT2D eigenvalue weighted by Crippen LogP contribution is 2.36. The van der Waals surface area contributed by atoms with Crippen molar-refractivity contribution >= 4 is 34.8 Å². The lowest BCUT2D eigenvalue weighted by atomic mass is 10.0. The molecule has 2 unspecified atom stereocenters. The highest BCUT2D eigenvalue weighted by molar-refractivity contribution is 6.40. The Bertz CT molecular complexity index is 400. The molecule has 1 fully saturated rings. The van der Waals surface area contributed by atoms with E-state index in [1.54, 1.807) is 12.1 Å². The first-order valence-corrected chi connectivity index (χ1v) is 7.16. The zero-order valence-corrected chi connectivity index (χ0v) is 12.1. The monoisotopic (exact) mass is 308 g/mol. The van der Waals surface area contributed by atoms with Gasteiger partial charge in [0.15, 0.2) is 5.75 Å². The molecule has 1 saturated carbocycles. The Labute approximate surface area is 122 Å². The topological polar surface area (TPSA) is 29.5 Å². The van der Waals surface area contributed by atoms with E-state index >= 15 is 0 Å². The molecular weight excluding hydrogens is 294 g/mol. The van der Waals surface area contributed by atoms with E-state index in [9.17, 15) is 5.11 Å². The van der Waals surface area contributed by atoms with Crippen LogP contribution in [0.5, 0.6) is 5.75 Å². The quantitative estimate of drug-likeness (QED) is 0.882. The van der Waals surface area contributed by atoms with Crippen molar-refractivity contribution in [2.45, 2.75) is 31.8 Å². The van der Waals surface area contributed by atoms with Crippen LogP contribution in [0.2, 0.25) is 15.1 Å². The van der Waals surface area contributed by atoms with Gasteiger partial charge >= 0.3 is 0 Å². The molecule has 0 bridgehead atoms. The summed E-state index contributed by atoms with van der Waals surface area (Å²) in [4.78, 5) is 0. The number of hydrogen-bond acceptors (Lipinski definition) is 2. The smallest absolute Gasteiger partial charge is 0.156 e. The average Bonchev–Trinajstić information content (AvgIpc) is 2.68. The van der Waals surface area contributed by atoms with Crippen LogP contribution in [0, 0.1) is 5.92 Å². The van der Waals surface area contributed by atoms with E-state index in [2.05, 4.69) is 0 Å². The summed E-state index contributed by atoms with van der Waals surface area (Å²) in [7, 11) is 0. The van der Waals surface area contributed by atoms with Gasteiger partial charge < -0.3 is 9.84 Å². The van der Waals surface area contributed by atoms with E-state index < -0.39 is 0 Å². The maximum Gasteiger partial charge on any atom is 0.156 e. The summed E-state index contributed by atoms with van der Waals surface area (Å²) in [6.45, 7) is 0.503. The second-order valence-corrected chi connectivity index (χ2v) is 5.84. The molecule has 2 rings (SSSR count). The van der Waals surface area contributed by atoms with E-state index in [1.807, 2.05) is 0 Å². The lowest BCUT2D eigenvalue weighted by Crippen LogP contribution is -2.16. The summed E-state index contributed by atoms with van der Waals surface area (Å²) in [6, 6.07) is 3.21. The maximum atomic E-state index is 9.71. The predicted molar refractivity (Wildman–Crippen MR) is 74.9 cm³/mol. The number of hydrogen-bond donors (Lipinski definition) is 1. The molecule has 1 aromatic carbocycles. The largest absolute Gasteiger partial charge is 0.490 e.